The molecule has 0 spiro atoms. The van der Waals surface area contributed by atoms with Gasteiger partial charge in [0.2, 0.25) is 0 Å². The number of hydrogen-bond donors (Lipinski definition) is 1. The van der Waals surface area contributed by atoms with Crippen LogP contribution in [0.5, 0.6) is 5.75 Å². The molecular weight excluding hydrogens is 422 g/mol. The first-order valence-corrected chi connectivity index (χ1v) is 10.9. The van der Waals surface area contributed by atoms with Gasteiger partial charge in [-0.1, -0.05) is 48.5 Å². The van der Waals surface area contributed by atoms with Crippen molar-refractivity contribution < 1.29 is 5.11 Å². The minimum Gasteiger partial charge on any atom is -0.507 e. The molecule has 0 aliphatic carbocycles. The van der Waals surface area contributed by atoms with Gasteiger partial charge in [0.15, 0.2) is 0 Å². The first kappa shape index (κ1) is 21.3. The minimum absolute atomic E-state index is 0.230. The summed E-state index contributed by atoms with van der Waals surface area (Å²) in [4.78, 5) is 2.09. The van der Waals surface area contributed by atoms with Gasteiger partial charge in [0.1, 0.15) is 5.75 Å². The molecule has 0 aliphatic rings. The second-order valence-electron chi connectivity index (χ2n) is 8.11. The number of anilines is 1. The third-order valence-electron chi connectivity index (χ3n) is 5.63. The van der Waals surface area contributed by atoms with E-state index in [2.05, 4.69) is 43.6 Å². The van der Waals surface area contributed by atoms with Gasteiger partial charge >= 0.3 is 0 Å². The summed E-state index contributed by atoms with van der Waals surface area (Å²) >= 11 is 0. The highest BCUT2D eigenvalue weighted by Crippen LogP contribution is 2.35. The standard InChI is InChI=1S/C28H23N5O/c1-33(2)27-17-15-25(21-7-3-5-9-23(21)27)31-29-19-11-13-20(14-12-19)30-32-26-16-18-28(34)24-10-6-4-8-22(24)26/h3-18,34H,1-2H3/b31-29+,32-30+. The van der Waals surface area contributed by atoms with E-state index in [0.29, 0.717) is 11.4 Å². The van der Waals surface area contributed by atoms with E-state index in [-0.39, 0.29) is 5.75 Å². The third-order valence-corrected chi connectivity index (χ3v) is 5.63. The highest BCUT2D eigenvalue weighted by molar-refractivity contribution is 6.01. The Bertz CT molecular complexity index is 1540. The Balaban J connectivity index is 1.38. The summed E-state index contributed by atoms with van der Waals surface area (Å²) in [5, 5.41) is 31.5. The summed E-state index contributed by atoms with van der Waals surface area (Å²) in [6.07, 6.45) is 0. The van der Waals surface area contributed by atoms with Crippen molar-refractivity contribution in [2.24, 2.45) is 20.5 Å². The Hall–Kier alpha value is -4.58. The maximum Gasteiger partial charge on any atom is 0.123 e. The molecule has 166 valence electrons. The molecule has 0 saturated heterocycles. The van der Waals surface area contributed by atoms with Gasteiger partial charge in [-0.25, -0.2) is 0 Å². The zero-order valence-corrected chi connectivity index (χ0v) is 18.9. The first-order chi connectivity index (χ1) is 16.6. The van der Waals surface area contributed by atoms with Crippen molar-refractivity contribution in [2.45, 2.75) is 0 Å². The number of aromatic hydroxyl groups is 1. The maximum atomic E-state index is 10.0. The van der Waals surface area contributed by atoms with Crippen LogP contribution in [0.15, 0.2) is 118 Å². The van der Waals surface area contributed by atoms with E-state index < -0.39 is 0 Å². The Morgan fingerprint density at radius 3 is 1.53 bits per heavy atom. The number of phenols is 1. The van der Waals surface area contributed by atoms with Crippen LogP contribution in [-0.4, -0.2) is 19.2 Å². The van der Waals surface area contributed by atoms with E-state index in [1.165, 1.54) is 0 Å². The van der Waals surface area contributed by atoms with Crippen molar-refractivity contribution in [1.82, 2.24) is 0 Å². The highest BCUT2D eigenvalue weighted by Gasteiger charge is 2.07. The van der Waals surface area contributed by atoms with Crippen molar-refractivity contribution in [3.63, 3.8) is 0 Å². The van der Waals surface area contributed by atoms with Crippen molar-refractivity contribution in [2.75, 3.05) is 19.0 Å². The molecule has 5 aromatic rings. The molecule has 0 amide bonds. The monoisotopic (exact) mass is 445 g/mol. The summed E-state index contributed by atoms with van der Waals surface area (Å²) in [5.74, 6) is 0.230. The van der Waals surface area contributed by atoms with Gasteiger partial charge in [-0.2, -0.15) is 10.2 Å². The molecule has 0 unspecified atom stereocenters. The Kier molecular flexibility index (Phi) is 5.70. The van der Waals surface area contributed by atoms with Crippen LogP contribution < -0.4 is 4.90 Å². The summed E-state index contributed by atoms with van der Waals surface area (Å²) in [6.45, 7) is 0. The maximum absolute atomic E-state index is 10.0. The average molecular weight is 446 g/mol. The van der Waals surface area contributed by atoms with E-state index in [0.717, 1.165) is 38.6 Å². The molecule has 0 bridgehead atoms. The van der Waals surface area contributed by atoms with Gasteiger partial charge in [0.25, 0.3) is 0 Å². The lowest BCUT2D eigenvalue weighted by molar-refractivity contribution is 0.481. The zero-order chi connectivity index (χ0) is 23.5. The second kappa shape index (κ2) is 9.11. The number of fused-ring (bicyclic) bond motifs is 2. The van der Waals surface area contributed by atoms with Crippen molar-refractivity contribution >= 4 is 50.0 Å². The van der Waals surface area contributed by atoms with E-state index in [9.17, 15) is 5.11 Å². The molecule has 0 heterocycles. The van der Waals surface area contributed by atoms with Crippen LogP contribution in [0.2, 0.25) is 0 Å². The molecule has 0 aromatic heterocycles. The predicted molar refractivity (Wildman–Crippen MR) is 139 cm³/mol. The predicted octanol–water partition coefficient (Wildman–Crippen LogP) is 8.60. The normalized spacial score (nSPS) is 11.7. The van der Waals surface area contributed by atoms with Gasteiger partial charge < -0.3 is 10.0 Å². The smallest absolute Gasteiger partial charge is 0.123 e. The molecule has 6 nitrogen and oxygen atoms in total. The van der Waals surface area contributed by atoms with Gasteiger partial charge in [-0.3, -0.25) is 0 Å². The van der Waals surface area contributed by atoms with Gasteiger partial charge in [0.05, 0.1) is 22.7 Å². The molecule has 0 atom stereocenters. The fourth-order valence-corrected chi connectivity index (χ4v) is 3.91. The van der Waals surface area contributed by atoms with Crippen molar-refractivity contribution in [3.8, 4) is 5.75 Å². The lowest BCUT2D eigenvalue weighted by Gasteiger charge is -2.16. The number of rotatable bonds is 5. The molecular formula is C28H23N5O. The number of benzene rings is 5. The fraction of sp³-hybridized carbons (Fsp3) is 0.0714. The lowest BCUT2D eigenvalue weighted by atomic mass is 10.1. The second-order valence-corrected chi connectivity index (χ2v) is 8.11. The summed E-state index contributed by atoms with van der Waals surface area (Å²) in [5.41, 5.74) is 4.10. The Morgan fingerprint density at radius 1 is 0.500 bits per heavy atom. The van der Waals surface area contributed by atoms with Crippen LogP contribution in [-0.2, 0) is 0 Å². The summed E-state index contributed by atoms with van der Waals surface area (Å²) in [6, 6.07) is 30.7. The van der Waals surface area contributed by atoms with Gasteiger partial charge in [0, 0.05) is 41.3 Å². The van der Waals surface area contributed by atoms with E-state index >= 15 is 0 Å². The van der Waals surface area contributed by atoms with Crippen LogP contribution in [0.4, 0.5) is 28.4 Å². The van der Waals surface area contributed by atoms with Gasteiger partial charge in [-0.05, 0) is 48.5 Å². The van der Waals surface area contributed by atoms with Crippen LogP contribution in [0.1, 0.15) is 0 Å². The topological polar surface area (TPSA) is 72.9 Å². The molecule has 0 fully saturated rings. The third kappa shape index (κ3) is 4.21. The Morgan fingerprint density at radius 2 is 0.971 bits per heavy atom. The van der Waals surface area contributed by atoms with Crippen LogP contribution in [0.3, 0.4) is 0 Å². The molecule has 34 heavy (non-hydrogen) atoms. The molecule has 0 radical (unpaired) electrons. The van der Waals surface area contributed by atoms with Crippen molar-refractivity contribution in [1.29, 1.82) is 0 Å². The number of azo groups is 2. The van der Waals surface area contributed by atoms with Crippen LogP contribution in [0.25, 0.3) is 21.5 Å². The largest absolute Gasteiger partial charge is 0.507 e. The van der Waals surface area contributed by atoms with Crippen LogP contribution >= 0.6 is 0 Å². The number of hydrogen-bond acceptors (Lipinski definition) is 6. The molecule has 5 rings (SSSR count). The molecule has 5 aromatic carbocycles. The van der Waals surface area contributed by atoms with Crippen molar-refractivity contribution in [3.05, 3.63) is 97.1 Å². The van der Waals surface area contributed by atoms with Gasteiger partial charge in [-0.15, -0.1) is 10.2 Å². The summed E-state index contributed by atoms with van der Waals surface area (Å²) < 4.78 is 0. The zero-order valence-electron chi connectivity index (χ0n) is 18.9. The molecule has 1 N–H and O–H groups in total. The average Bonchev–Trinajstić information content (AvgIpc) is 2.87. The summed E-state index contributed by atoms with van der Waals surface area (Å²) in [7, 11) is 4.07. The SMILES string of the molecule is CN(C)c1ccc(/N=N/c2ccc(/N=N/c3ccc(O)c4ccccc34)cc2)c2ccccc12. The quantitative estimate of drug-likeness (QED) is 0.275. The molecule has 0 aliphatic heterocycles. The van der Waals surface area contributed by atoms with Crippen LogP contribution in [0, 0.1) is 0 Å². The number of nitrogens with zero attached hydrogens (tertiary/aromatic N) is 5. The fourth-order valence-electron chi connectivity index (χ4n) is 3.91. The minimum atomic E-state index is 0.230. The van der Waals surface area contributed by atoms with E-state index in [1.807, 2.05) is 80.8 Å². The first-order valence-electron chi connectivity index (χ1n) is 10.9. The molecule has 0 saturated carbocycles. The van der Waals surface area contributed by atoms with E-state index in [4.69, 9.17) is 0 Å². The number of phenolic OH excluding ortho intramolecular Hbond substituents is 1. The highest BCUT2D eigenvalue weighted by atomic mass is 16.3. The lowest BCUT2D eigenvalue weighted by Crippen LogP contribution is -2.08. The Labute approximate surface area is 197 Å². The molecule has 6 heteroatoms. The van der Waals surface area contributed by atoms with E-state index in [1.54, 1.807) is 12.1 Å².